The average Bonchev–Trinajstić information content (AvgIpc) is 3.56. The second-order valence-electron chi connectivity index (χ2n) is 15.4. The standard InChI is InChI=1S/C49H55N2/c1-3-36-50-42-30-28-38-22-14-16-24-40(38)46(42)48(32-18-10-19-33-48)44(50)26-12-8-6-5-7-9-13-27-45-49(34-20-11-21-35-49)47-41-25-17-15-23-39(41)29-31-43(47)51(45)37-4-2/h5-9,12-17,22-31H,3-4,10-11,18-21,32-37H2,1-2H3/q+1. The van der Waals surface area contributed by atoms with Crippen molar-refractivity contribution in [2.75, 3.05) is 18.0 Å². The summed E-state index contributed by atoms with van der Waals surface area (Å²) in [6.45, 7) is 6.75. The van der Waals surface area contributed by atoms with Crippen LogP contribution in [0, 0.1) is 0 Å². The van der Waals surface area contributed by atoms with Crippen molar-refractivity contribution < 1.29 is 4.58 Å². The van der Waals surface area contributed by atoms with Crippen molar-refractivity contribution in [2.24, 2.45) is 0 Å². The summed E-state index contributed by atoms with van der Waals surface area (Å²) in [6.07, 6.45) is 35.6. The molecule has 4 aliphatic rings. The SMILES string of the molecule is CCCN1/C(=C/C=C/C=C/C=C/C=C/C2=[N+](CCC)c3ccc4ccccc4c3C23CCCCC3)C2(CCCCC2)c2c1ccc1ccccc21. The van der Waals surface area contributed by atoms with E-state index in [1.165, 1.54) is 109 Å². The molecule has 2 nitrogen and oxygen atoms in total. The predicted molar refractivity (Wildman–Crippen MR) is 220 cm³/mol. The van der Waals surface area contributed by atoms with E-state index < -0.39 is 0 Å². The Bertz CT molecular complexity index is 2090. The van der Waals surface area contributed by atoms with Crippen LogP contribution < -0.4 is 4.90 Å². The molecule has 0 bridgehead atoms. The molecule has 0 unspecified atom stereocenters. The molecule has 2 fully saturated rings. The van der Waals surface area contributed by atoms with Gasteiger partial charge < -0.3 is 4.90 Å². The topological polar surface area (TPSA) is 6.25 Å². The van der Waals surface area contributed by atoms with E-state index >= 15 is 0 Å². The maximum absolute atomic E-state index is 2.65. The summed E-state index contributed by atoms with van der Waals surface area (Å²) in [5.41, 5.74) is 9.30. The van der Waals surface area contributed by atoms with Crippen LogP contribution in [0.2, 0.25) is 0 Å². The molecule has 8 rings (SSSR count). The first-order chi connectivity index (χ1) is 25.2. The van der Waals surface area contributed by atoms with Crippen LogP contribution in [0.4, 0.5) is 11.4 Å². The van der Waals surface area contributed by atoms with Gasteiger partial charge in [-0.25, -0.2) is 0 Å². The van der Waals surface area contributed by atoms with Gasteiger partial charge in [0.1, 0.15) is 6.54 Å². The minimum absolute atomic E-state index is 0.119. The van der Waals surface area contributed by atoms with Crippen LogP contribution >= 0.6 is 0 Å². The fourth-order valence-corrected chi connectivity index (χ4v) is 10.4. The molecule has 0 N–H and O–H groups in total. The minimum atomic E-state index is 0.119. The van der Waals surface area contributed by atoms with E-state index in [0.717, 1.165) is 25.9 Å². The Hall–Kier alpha value is -4.43. The van der Waals surface area contributed by atoms with E-state index in [2.05, 4.69) is 151 Å². The smallest absolute Gasteiger partial charge is 0.210 e. The second kappa shape index (κ2) is 14.7. The third-order valence-electron chi connectivity index (χ3n) is 12.4. The van der Waals surface area contributed by atoms with Gasteiger partial charge in [-0.05, 0) is 77.4 Å². The number of benzene rings is 4. The number of allylic oxidation sites excluding steroid dienone is 10. The summed E-state index contributed by atoms with van der Waals surface area (Å²) in [4.78, 5) is 2.65. The maximum Gasteiger partial charge on any atom is 0.210 e. The number of hydrogen-bond donors (Lipinski definition) is 0. The average molecular weight is 672 g/mol. The van der Waals surface area contributed by atoms with Gasteiger partial charge >= 0.3 is 0 Å². The zero-order chi connectivity index (χ0) is 34.7. The molecule has 51 heavy (non-hydrogen) atoms. The Kier molecular flexibility index (Phi) is 9.69. The van der Waals surface area contributed by atoms with Gasteiger partial charge in [-0.1, -0.05) is 150 Å². The van der Waals surface area contributed by atoms with Crippen LogP contribution in [0.1, 0.15) is 102 Å². The fourth-order valence-electron chi connectivity index (χ4n) is 10.4. The highest BCUT2D eigenvalue weighted by Crippen LogP contribution is 2.57. The number of hydrogen-bond acceptors (Lipinski definition) is 1. The maximum atomic E-state index is 2.65. The lowest BCUT2D eigenvalue weighted by atomic mass is 9.66. The summed E-state index contributed by atoms with van der Waals surface area (Å²) in [5.74, 6) is 0. The first-order valence-electron chi connectivity index (χ1n) is 20.1. The van der Waals surface area contributed by atoms with E-state index in [1.54, 1.807) is 11.1 Å². The largest absolute Gasteiger partial charge is 0.344 e. The number of fused-ring (bicyclic) bond motifs is 8. The van der Waals surface area contributed by atoms with E-state index in [-0.39, 0.29) is 10.8 Å². The first-order valence-corrected chi connectivity index (χ1v) is 20.1. The number of nitrogens with zero attached hydrogens (tertiary/aromatic N) is 2. The normalized spacial score (nSPS) is 20.6. The highest BCUT2D eigenvalue weighted by Gasteiger charge is 2.52. The van der Waals surface area contributed by atoms with Crippen LogP contribution in [0.3, 0.4) is 0 Å². The van der Waals surface area contributed by atoms with Gasteiger partial charge in [-0.2, -0.15) is 4.58 Å². The third-order valence-corrected chi connectivity index (χ3v) is 12.4. The van der Waals surface area contributed by atoms with Gasteiger partial charge in [-0.3, -0.25) is 0 Å². The predicted octanol–water partition coefficient (Wildman–Crippen LogP) is 12.9. The number of rotatable bonds is 9. The summed E-state index contributed by atoms with van der Waals surface area (Å²) in [6, 6.07) is 27.6. The van der Waals surface area contributed by atoms with Crippen molar-refractivity contribution in [3.05, 3.63) is 144 Å². The van der Waals surface area contributed by atoms with Crippen LogP contribution in [0.25, 0.3) is 21.5 Å². The molecule has 2 heteroatoms. The Balaban J connectivity index is 1.04. The second-order valence-corrected chi connectivity index (χ2v) is 15.4. The molecule has 2 heterocycles. The molecule has 0 aromatic heterocycles. The van der Waals surface area contributed by atoms with Gasteiger partial charge in [0, 0.05) is 47.5 Å². The van der Waals surface area contributed by atoms with Gasteiger partial charge in [0.05, 0.1) is 5.41 Å². The zero-order valence-corrected chi connectivity index (χ0v) is 30.9. The Morgan fingerprint density at radius 1 is 0.588 bits per heavy atom. The van der Waals surface area contributed by atoms with E-state index in [1.807, 2.05) is 0 Å². The summed E-state index contributed by atoms with van der Waals surface area (Å²) in [5, 5.41) is 5.64. The lowest BCUT2D eigenvalue weighted by Crippen LogP contribution is -2.36. The van der Waals surface area contributed by atoms with Crippen LogP contribution in [0.5, 0.6) is 0 Å². The summed E-state index contributed by atoms with van der Waals surface area (Å²) >= 11 is 0. The van der Waals surface area contributed by atoms with Gasteiger partial charge in [0.2, 0.25) is 5.69 Å². The summed E-state index contributed by atoms with van der Waals surface area (Å²) in [7, 11) is 0. The lowest BCUT2D eigenvalue weighted by molar-refractivity contribution is -0.437. The van der Waals surface area contributed by atoms with Crippen molar-refractivity contribution in [1.82, 2.24) is 0 Å². The Labute approximate surface area is 306 Å². The molecule has 2 aliphatic carbocycles. The Morgan fingerprint density at radius 2 is 1.18 bits per heavy atom. The van der Waals surface area contributed by atoms with E-state index in [0.29, 0.717) is 0 Å². The van der Waals surface area contributed by atoms with E-state index in [9.17, 15) is 0 Å². The molecule has 2 aliphatic heterocycles. The molecular formula is C49H55N2+. The monoisotopic (exact) mass is 671 g/mol. The van der Waals surface area contributed by atoms with Gasteiger partial charge in [0.15, 0.2) is 5.71 Å². The van der Waals surface area contributed by atoms with E-state index in [4.69, 9.17) is 0 Å². The van der Waals surface area contributed by atoms with Crippen LogP contribution in [0.15, 0.2) is 133 Å². The molecule has 4 aromatic rings. The zero-order valence-electron chi connectivity index (χ0n) is 30.9. The third kappa shape index (κ3) is 5.85. The first kappa shape index (κ1) is 33.7. The lowest BCUT2D eigenvalue weighted by Gasteiger charge is -2.37. The molecule has 2 spiro atoms. The fraction of sp³-hybridized carbons (Fsp3) is 0.367. The van der Waals surface area contributed by atoms with Crippen molar-refractivity contribution >= 4 is 38.6 Å². The molecule has 0 amide bonds. The quantitative estimate of drug-likeness (QED) is 0.127. The summed E-state index contributed by atoms with van der Waals surface area (Å²) < 4.78 is 2.65. The molecule has 4 aromatic carbocycles. The van der Waals surface area contributed by atoms with Crippen molar-refractivity contribution in [3.8, 4) is 0 Å². The van der Waals surface area contributed by atoms with Gasteiger partial charge in [0.25, 0.3) is 0 Å². The van der Waals surface area contributed by atoms with Crippen molar-refractivity contribution in [3.63, 3.8) is 0 Å². The van der Waals surface area contributed by atoms with Crippen LogP contribution in [-0.4, -0.2) is 23.4 Å². The highest BCUT2D eigenvalue weighted by atomic mass is 15.2. The highest BCUT2D eigenvalue weighted by molar-refractivity contribution is 6.08. The van der Waals surface area contributed by atoms with Gasteiger partial charge in [-0.15, -0.1) is 0 Å². The number of anilines is 1. The van der Waals surface area contributed by atoms with Crippen molar-refractivity contribution in [1.29, 1.82) is 0 Å². The molecule has 260 valence electrons. The molecule has 0 radical (unpaired) electrons. The molecule has 0 atom stereocenters. The van der Waals surface area contributed by atoms with Crippen LogP contribution in [-0.2, 0) is 10.8 Å². The Morgan fingerprint density at radius 3 is 1.84 bits per heavy atom. The molecular weight excluding hydrogens is 617 g/mol. The minimum Gasteiger partial charge on any atom is -0.344 e. The van der Waals surface area contributed by atoms with Crippen molar-refractivity contribution in [2.45, 2.75) is 102 Å². The molecule has 2 saturated carbocycles. The molecule has 0 saturated heterocycles.